The molecule has 0 saturated carbocycles. The van der Waals surface area contributed by atoms with Crippen molar-refractivity contribution in [1.29, 1.82) is 0 Å². The smallest absolute Gasteiger partial charge is 0.127 e. The number of benzene rings is 2. The van der Waals surface area contributed by atoms with Gasteiger partial charge in [0.25, 0.3) is 0 Å². The molecule has 0 radical (unpaired) electrons. The minimum absolute atomic E-state index is 0.172. The molecule has 0 aliphatic rings. The Balaban J connectivity index is 1.93. The fourth-order valence-electron chi connectivity index (χ4n) is 2.14. The predicted molar refractivity (Wildman–Crippen MR) is 89.8 cm³/mol. The quantitative estimate of drug-likeness (QED) is 0.802. The van der Waals surface area contributed by atoms with Crippen LogP contribution in [-0.2, 0) is 18.5 Å². The van der Waals surface area contributed by atoms with Crippen molar-refractivity contribution < 1.29 is 4.39 Å². The highest BCUT2D eigenvalue weighted by molar-refractivity contribution is 9.10. The van der Waals surface area contributed by atoms with Crippen LogP contribution in [0.2, 0.25) is 0 Å². The van der Waals surface area contributed by atoms with E-state index in [0.717, 1.165) is 11.0 Å². The van der Waals surface area contributed by atoms with Gasteiger partial charge < -0.3 is 5.32 Å². The van der Waals surface area contributed by atoms with Gasteiger partial charge in [0.2, 0.25) is 0 Å². The van der Waals surface area contributed by atoms with Gasteiger partial charge in [0.05, 0.1) is 0 Å². The van der Waals surface area contributed by atoms with Gasteiger partial charge in [0.15, 0.2) is 0 Å². The zero-order valence-corrected chi connectivity index (χ0v) is 14.3. The molecular weight excluding hydrogens is 329 g/mol. The molecule has 112 valence electrons. The number of hydrogen-bond donors (Lipinski definition) is 1. The summed E-state index contributed by atoms with van der Waals surface area (Å²) in [5.74, 6) is -0.172. The van der Waals surface area contributed by atoms with Crippen molar-refractivity contribution in [3.05, 3.63) is 69.4 Å². The van der Waals surface area contributed by atoms with Crippen molar-refractivity contribution in [2.75, 3.05) is 0 Å². The second-order valence-electron chi connectivity index (χ2n) is 6.29. The van der Waals surface area contributed by atoms with E-state index in [1.165, 1.54) is 17.2 Å². The van der Waals surface area contributed by atoms with Crippen molar-refractivity contribution in [2.24, 2.45) is 0 Å². The van der Waals surface area contributed by atoms with Gasteiger partial charge in [-0.25, -0.2) is 4.39 Å². The molecule has 2 aromatic rings. The molecule has 2 rings (SSSR count). The maximum absolute atomic E-state index is 13.6. The zero-order valence-electron chi connectivity index (χ0n) is 12.7. The molecule has 1 nitrogen and oxygen atoms in total. The molecule has 3 heteroatoms. The predicted octanol–water partition coefficient (Wildman–Crippen LogP) is 5.18. The average Bonchev–Trinajstić information content (AvgIpc) is 2.42. The summed E-state index contributed by atoms with van der Waals surface area (Å²) in [7, 11) is 0. The monoisotopic (exact) mass is 349 g/mol. The second kappa shape index (κ2) is 6.71. The fourth-order valence-corrected chi connectivity index (χ4v) is 2.55. The van der Waals surface area contributed by atoms with Gasteiger partial charge in [-0.3, -0.25) is 0 Å². The third kappa shape index (κ3) is 4.65. The second-order valence-corrected chi connectivity index (χ2v) is 7.20. The van der Waals surface area contributed by atoms with E-state index in [0.29, 0.717) is 12.1 Å². The van der Waals surface area contributed by atoms with Gasteiger partial charge in [0.1, 0.15) is 5.82 Å². The third-order valence-corrected chi connectivity index (χ3v) is 3.97. The van der Waals surface area contributed by atoms with Crippen LogP contribution in [0.25, 0.3) is 0 Å². The van der Waals surface area contributed by atoms with E-state index in [2.05, 4.69) is 66.3 Å². The van der Waals surface area contributed by atoms with Crippen LogP contribution in [0.3, 0.4) is 0 Å². The zero-order chi connectivity index (χ0) is 15.5. The molecule has 2 aromatic carbocycles. The Morgan fingerprint density at radius 3 is 2.29 bits per heavy atom. The van der Waals surface area contributed by atoms with E-state index < -0.39 is 0 Å². The Hall–Kier alpha value is -1.19. The van der Waals surface area contributed by atoms with E-state index in [-0.39, 0.29) is 11.2 Å². The van der Waals surface area contributed by atoms with Crippen LogP contribution in [-0.4, -0.2) is 0 Å². The summed E-state index contributed by atoms with van der Waals surface area (Å²) < 4.78 is 14.5. The fraction of sp³-hybridized carbons (Fsp3) is 0.333. The molecule has 0 spiro atoms. The van der Waals surface area contributed by atoms with E-state index in [4.69, 9.17) is 0 Å². The molecule has 0 amide bonds. The van der Waals surface area contributed by atoms with Crippen molar-refractivity contribution in [3.63, 3.8) is 0 Å². The molecule has 0 aliphatic carbocycles. The topological polar surface area (TPSA) is 12.0 Å². The van der Waals surface area contributed by atoms with Crippen molar-refractivity contribution in [1.82, 2.24) is 5.32 Å². The first-order chi connectivity index (χ1) is 9.86. The Bertz CT molecular complexity index is 600. The molecule has 0 aromatic heterocycles. The molecule has 0 saturated heterocycles. The van der Waals surface area contributed by atoms with Gasteiger partial charge in [0, 0.05) is 23.1 Å². The first-order valence-electron chi connectivity index (χ1n) is 7.10. The maximum atomic E-state index is 13.6. The van der Waals surface area contributed by atoms with E-state index in [1.807, 2.05) is 6.07 Å². The summed E-state index contributed by atoms with van der Waals surface area (Å²) in [5, 5.41) is 3.28. The number of halogens is 2. The summed E-state index contributed by atoms with van der Waals surface area (Å²) >= 11 is 3.37. The largest absolute Gasteiger partial charge is 0.309 e. The molecule has 0 atom stereocenters. The Morgan fingerprint density at radius 2 is 1.67 bits per heavy atom. The Kier molecular flexibility index (Phi) is 5.17. The van der Waals surface area contributed by atoms with Crippen LogP contribution in [0.5, 0.6) is 0 Å². The number of hydrogen-bond acceptors (Lipinski definition) is 1. The van der Waals surface area contributed by atoms with Gasteiger partial charge in [-0.05, 0) is 34.7 Å². The van der Waals surface area contributed by atoms with Gasteiger partial charge in [-0.1, -0.05) is 61.0 Å². The first-order valence-corrected chi connectivity index (χ1v) is 7.89. The van der Waals surface area contributed by atoms with Crippen LogP contribution in [0.1, 0.15) is 37.5 Å². The highest BCUT2D eigenvalue weighted by atomic mass is 79.9. The van der Waals surface area contributed by atoms with Crippen LogP contribution in [0.15, 0.2) is 46.9 Å². The lowest BCUT2D eigenvalue weighted by Crippen LogP contribution is -2.14. The SMILES string of the molecule is CC(C)(C)c1ccc(CNCc2cc(Br)ccc2F)cc1. The van der Waals surface area contributed by atoms with E-state index >= 15 is 0 Å². The first kappa shape index (κ1) is 16.2. The lowest BCUT2D eigenvalue weighted by molar-refractivity contribution is 0.584. The highest BCUT2D eigenvalue weighted by Gasteiger charge is 2.12. The lowest BCUT2D eigenvalue weighted by atomic mass is 9.87. The molecule has 0 aliphatic heterocycles. The Morgan fingerprint density at radius 1 is 1.00 bits per heavy atom. The molecule has 0 unspecified atom stereocenters. The van der Waals surface area contributed by atoms with E-state index in [1.54, 1.807) is 6.07 Å². The minimum Gasteiger partial charge on any atom is -0.309 e. The highest BCUT2D eigenvalue weighted by Crippen LogP contribution is 2.22. The maximum Gasteiger partial charge on any atom is 0.127 e. The normalized spacial score (nSPS) is 11.7. The van der Waals surface area contributed by atoms with Crippen LogP contribution >= 0.6 is 15.9 Å². The summed E-state index contributed by atoms with van der Waals surface area (Å²) in [4.78, 5) is 0. The standard InChI is InChI=1S/C18H21BrFN/c1-18(2,3)15-6-4-13(5-7-15)11-21-12-14-10-16(19)8-9-17(14)20/h4-10,21H,11-12H2,1-3H3. The molecule has 0 fully saturated rings. The van der Waals surface area contributed by atoms with Gasteiger partial charge >= 0.3 is 0 Å². The third-order valence-electron chi connectivity index (χ3n) is 3.47. The van der Waals surface area contributed by atoms with Crippen molar-refractivity contribution >= 4 is 15.9 Å². The Labute approximate surface area is 134 Å². The summed E-state index contributed by atoms with van der Waals surface area (Å²) in [6, 6.07) is 13.6. The number of rotatable bonds is 4. The van der Waals surface area contributed by atoms with Crippen molar-refractivity contribution in [3.8, 4) is 0 Å². The molecule has 21 heavy (non-hydrogen) atoms. The minimum atomic E-state index is -0.172. The average molecular weight is 350 g/mol. The summed E-state index contributed by atoms with van der Waals surface area (Å²) in [5.41, 5.74) is 3.38. The summed E-state index contributed by atoms with van der Waals surface area (Å²) in [6.45, 7) is 7.87. The summed E-state index contributed by atoms with van der Waals surface area (Å²) in [6.07, 6.45) is 0. The van der Waals surface area contributed by atoms with Crippen LogP contribution < -0.4 is 5.32 Å². The van der Waals surface area contributed by atoms with E-state index in [9.17, 15) is 4.39 Å². The van der Waals surface area contributed by atoms with Gasteiger partial charge in [-0.15, -0.1) is 0 Å². The number of nitrogens with one attached hydrogen (secondary N) is 1. The molecule has 0 heterocycles. The molecule has 1 N–H and O–H groups in total. The lowest BCUT2D eigenvalue weighted by Gasteiger charge is -2.19. The van der Waals surface area contributed by atoms with Gasteiger partial charge in [-0.2, -0.15) is 0 Å². The molecular formula is C18H21BrFN. The van der Waals surface area contributed by atoms with Crippen molar-refractivity contribution in [2.45, 2.75) is 39.3 Å². The molecule has 0 bridgehead atoms. The van der Waals surface area contributed by atoms with Crippen LogP contribution in [0, 0.1) is 5.82 Å². The van der Waals surface area contributed by atoms with Crippen LogP contribution in [0.4, 0.5) is 4.39 Å².